The van der Waals surface area contributed by atoms with Crippen molar-refractivity contribution in [3.8, 4) is 11.1 Å². The highest BCUT2D eigenvalue weighted by Gasteiger charge is 2.44. The van der Waals surface area contributed by atoms with Gasteiger partial charge in [-0.2, -0.15) is 13.2 Å². The topological polar surface area (TPSA) is 41.3 Å². The normalized spacial score (nSPS) is 25.2. The smallest absolute Gasteiger partial charge is 0.326 e. The third kappa shape index (κ3) is 4.40. The molecule has 1 saturated heterocycles. The molecule has 1 aliphatic heterocycles. The molecule has 28 heavy (non-hydrogen) atoms. The first-order valence-corrected chi connectivity index (χ1v) is 9.89. The average molecular weight is 389 g/mol. The number of benzene rings is 2. The molecule has 1 heterocycles. The Kier molecular flexibility index (Phi) is 5.45. The molecule has 3 atom stereocenters. The van der Waals surface area contributed by atoms with Crippen LogP contribution in [0.5, 0.6) is 0 Å². The van der Waals surface area contributed by atoms with Gasteiger partial charge in [-0.15, -0.1) is 0 Å². The lowest BCUT2D eigenvalue weighted by Gasteiger charge is -2.17. The highest BCUT2D eigenvalue weighted by atomic mass is 19.4. The summed E-state index contributed by atoms with van der Waals surface area (Å²) in [5.74, 6) is -0.0673. The second-order valence-electron chi connectivity index (χ2n) is 7.92. The molecule has 0 bridgehead atoms. The van der Waals surface area contributed by atoms with Crippen LogP contribution in [0.4, 0.5) is 13.2 Å². The summed E-state index contributed by atoms with van der Waals surface area (Å²) < 4.78 is 41.1. The number of nitrogens with zero attached hydrogens (tertiary/aromatic N) is 1. The number of likely N-dealkylation sites (tertiary alicyclic amines) is 1. The van der Waals surface area contributed by atoms with Crippen LogP contribution in [-0.2, 0) is 6.18 Å². The van der Waals surface area contributed by atoms with Crippen molar-refractivity contribution >= 4 is 0 Å². The number of rotatable bonds is 6. The molecule has 3 nitrogen and oxygen atoms in total. The molecule has 3 unspecified atom stereocenters. The zero-order chi connectivity index (χ0) is 19.7. The van der Waals surface area contributed by atoms with Gasteiger partial charge >= 0.3 is 6.18 Å². The second kappa shape index (κ2) is 7.85. The van der Waals surface area contributed by atoms with E-state index in [-0.39, 0.29) is 18.0 Å². The zero-order valence-electron chi connectivity index (χ0n) is 15.8. The summed E-state index contributed by atoms with van der Waals surface area (Å²) in [6.45, 7) is 3.61. The number of halogens is 3. The van der Waals surface area contributed by atoms with Gasteiger partial charge in [0.25, 0.3) is 0 Å². The molecule has 2 aliphatic rings. The van der Waals surface area contributed by atoms with Crippen molar-refractivity contribution < 1.29 is 13.2 Å². The van der Waals surface area contributed by atoms with Crippen molar-refractivity contribution in [1.82, 2.24) is 10.2 Å². The van der Waals surface area contributed by atoms with Crippen LogP contribution in [0, 0.1) is 0 Å². The minimum absolute atomic E-state index is 0.0673. The number of hydrogen-bond acceptors (Lipinski definition) is 3. The second-order valence-corrected chi connectivity index (χ2v) is 7.92. The van der Waals surface area contributed by atoms with E-state index in [1.54, 1.807) is 12.1 Å². The van der Waals surface area contributed by atoms with Crippen LogP contribution in [0.15, 0.2) is 48.5 Å². The maximum atomic E-state index is 13.7. The summed E-state index contributed by atoms with van der Waals surface area (Å²) in [6.07, 6.45) is -2.57. The summed E-state index contributed by atoms with van der Waals surface area (Å²) >= 11 is 0. The summed E-state index contributed by atoms with van der Waals surface area (Å²) in [4.78, 5) is 2.31. The van der Waals surface area contributed by atoms with Gasteiger partial charge in [-0.1, -0.05) is 42.5 Å². The van der Waals surface area contributed by atoms with Crippen LogP contribution in [-0.4, -0.2) is 43.2 Å². The van der Waals surface area contributed by atoms with E-state index in [4.69, 9.17) is 5.73 Å². The fourth-order valence-electron chi connectivity index (χ4n) is 4.17. The van der Waals surface area contributed by atoms with E-state index in [0.29, 0.717) is 11.1 Å². The molecule has 2 aromatic carbocycles. The minimum atomic E-state index is -4.35. The summed E-state index contributed by atoms with van der Waals surface area (Å²) in [5, 5.41) is 3.42. The van der Waals surface area contributed by atoms with E-state index in [2.05, 4.69) is 10.2 Å². The maximum Gasteiger partial charge on any atom is 0.416 e. The van der Waals surface area contributed by atoms with Crippen molar-refractivity contribution in [2.45, 2.75) is 37.0 Å². The van der Waals surface area contributed by atoms with Crippen LogP contribution >= 0.6 is 0 Å². The summed E-state index contributed by atoms with van der Waals surface area (Å²) in [6, 6.07) is 14.4. The molecule has 2 fully saturated rings. The van der Waals surface area contributed by atoms with E-state index < -0.39 is 11.7 Å². The predicted molar refractivity (Wildman–Crippen MR) is 105 cm³/mol. The fraction of sp³-hybridized carbons (Fsp3) is 0.455. The molecule has 1 aliphatic carbocycles. The van der Waals surface area contributed by atoms with Gasteiger partial charge in [-0.25, -0.2) is 0 Å². The molecule has 3 N–H and O–H groups in total. The van der Waals surface area contributed by atoms with E-state index in [0.717, 1.165) is 44.6 Å². The third-order valence-corrected chi connectivity index (χ3v) is 5.80. The molecule has 0 aromatic heterocycles. The Morgan fingerprint density at radius 3 is 2.54 bits per heavy atom. The highest BCUT2D eigenvalue weighted by molar-refractivity contribution is 5.65. The molecule has 4 rings (SSSR count). The average Bonchev–Trinajstić information content (AvgIpc) is 3.33. The Balaban J connectivity index is 1.43. The molecular formula is C22H26F3N3. The number of nitrogens with one attached hydrogen (secondary N) is 1. The van der Waals surface area contributed by atoms with Gasteiger partial charge in [-0.05, 0) is 42.1 Å². The molecule has 0 amide bonds. The van der Waals surface area contributed by atoms with Gasteiger partial charge < -0.3 is 16.0 Å². The number of nitrogens with two attached hydrogens (primary N) is 1. The summed E-state index contributed by atoms with van der Waals surface area (Å²) in [5.41, 5.74) is 7.22. The first-order chi connectivity index (χ1) is 13.4. The van der Waals surface area contributed by atoms with Crippen molar-refractivity contribution in [1.29, 1.82) is 0 Å². The monoisotopic (exact) mass is 389 g/mol. The maximum absolute atomic E-state index is 13.7. The number of hydrogen-bond donors (Lipinski definition) is 2. The quantitative estimate of drug-likeness (QED) is 0.789. The Hall–Kier alpha value is -1.89. The van der Waals surface area contributed by atoms with Crippen LogP contribution in [0.25, 0.3) is 11.1 Å². The van der Waals surface area contributed by atoms with Gasteiger partial charge in [0.05, 0.1) is 5.56 Å². The SMILES string of the molecule is NC1CCN(CCNC2CC2c2ccc(-c3ccccc3)cc2C(F)(F)F)C1. The molecule has 0 radical (unpaired) electrons. The molecule has 6 heteroatoms. The van der Waals surface area contributed by atoms with Crippen LogP contribution in [0.1, 0.15) is 29.9 Å². The Labute approximate surface area is 163 Å². The van der Waals surface area contributed by atoms with Crippen molar-refractivity contribution in [3.63, 3.8) is 0 Å². The fourth-order valence-corrected chi connectivity index (χ4v) is 4.17. The minimum Gasteiger partial charge on any atom is -0.326 e. The van der Waals surface area contributed by atoms with Gasteiger partial charge in [-0.3, -0.25) is 0 Å². The van der Waals surface area contributed by atoms with E-state index >= 15 is 0 Å². The van der Waals surface area contributed by atoms with Gasteiger partial charge in [0, 0.05) is 37.6 Å². The Bertz CT molecular complexity index is 806. The lowest BCUT2D eigenvalue weighted by atomic mass is 9.96. The molecule has 1 saturated carbocycles. The van der Waals surface area contributed by atoms with Crippen molar-refractivity contribution in [2.24, 2.45) is 5.73 Å². The van der Waals surface area contributed by atoms with E-state index in [1.807, 2.05) is 30.3 Å². The summed E-state index contributed by atoms with van der Waals surface area (Å²) in [7, 11) is 0. The molecule has 150 valence electrons. The highest BCUT2D eigenvalue weighted by Crippen LogP contribution is 2.47. The Morgan fingerprint density at radius 2 is 1.86 bits per heavy atom. The zero-order valence-corrected chi connectivity index (χ0v) is 15.8. The van der Waals surface area contributed by atoms with Crippen molar-refractivity contribution in [3.05, 3.63) is 59.7 Å². The van der Waals surface area contributed by atoms with E-state index in [1.165, 1.54) is 6.07 Å². The molecule has 0 spiro atoms. The van der Waals surface area contributed by atoms with Gasteiger partial charge in [0.1, 0.15) is 0 Å². The van der Waals surface area contributed by atoms with Gasteiger partial charge in [0.2, 0.25) is 0 Å². The first-order valence-electron chi connectivity index (χ1n) is 9.89. The largest absolute Gasteiger partial charge is 0.416 e. The molecule has 2 aromatic rings. The van der Waals surface area contributed by atoms with Crippen molar-refractivity contribution in [2.75, 3.05) is 26.2 Å². The lowest BCUT2D eigenvalue weighted by molar-refractivity contribution is -0.138. The van der Waals surface area contributed by atoms with E-state index in [9.17, 15) is 13.2 Å². The van der Waals surface area contributed by atoms with Crippen LogP contribution < -0.4 is 11.1 Å². The third-order valence-electron chi connectivity index (χ3n) is 5.80. The van der Waals surface area contributed by atoms with Crippen LogP contribution in [0.2, 0.25) is 0 Å². The lowest BCUT2D eigenvalue weighted by Crippen LogP contribution is -2.33. The predicted octanol–water partition coefficient (Wildman–Crippen LogP) is 3.85. The van der Waals surface area contributed by atoms with Crippen LogP contribution in [0.3, 0.4) is 0 Å². The van der Waals surface area contributed by atoms with Gasteiger partial charge in [0.15, 0.2) is 0 Å². The Morgan fingerprint density at radius 1 is 1.07 bits per heavy atom. The standard InChI is InChI=1S/C22H26F3N3/c23-22(24,25)20-12-16(15-4-2-1-3-5-15)6-7-18(20)19-13-21(19)27-9-11-28-10-8-17(26)14-28/h1-7,12,17,19,21,27H,8-11,13-14,26H2. The number of alkyl halides is 3. The first kappa shape index (κ1) is 19.4. The molecular weight excluding hydrogens is 363 g/mol.